The van der Waals surface area contributed by atoms with Gasteiger partial charge in [0, 0.05) is 6.54 Å². The molecule has 3 aliphatic carbocycles. The van der Waals surface area contributed by atoms with Crippen molar-refractivity contribution in [2.75, 3.05) is 6.54 Å². The highest BCUT2D eigenvalue weighted by Crippen LogP contribution is 2.65. The summed E-state index contributed by atoms with van der Waals surface area (Å²) in [5.74, 6) is -3.43. The quantitative estimate of drug-likeness (QED) is 0.451. The second-order valence-corrected chi connectivity index (χ2v) is 12.6. The first-order valence-corrected chi connectivity index (χ1v) is 13.1. The molecule has 0 radical (unpaired) electrons. The van der Waals surface area contributed by atoms with E-state index in [-0.39, 0.29) is 41.9 Å². The molecule has 0 aromatic rings. The summed E-state index contributed by atoms with van der Waals surface area (Å²) in [6.07, 6.45) is 4.48. The number of likely N-dealkylation sites (tertiary alicyclic amines) is 1. The molecular formula is C26H39N3O7. The SMILES string of the molecule is CC(C)(C)OC(=O)NC(C(=O)N1CC2C(C1C(=O)NC1(C(=O)C(=O)O)CC1)C2(C)C)C1CCCCC1. The molecule has 10 nitrogen and oxygen atoms in total. The molecule has 0 spiro atoms. The van der Waals surface area contributed by atoms with Crippen LogP contribution in [0, 0.1) is 23.2 Å². The second kappa shape index (κ2) is 9.03. The number of hydrogen-bond donors (Lipinski definition) is 3. The molecule has 0 bridgehead atoms. The highest BCUT2D eigenvalue weighted by Gasteiger charge is 2.70. The minimum atomic E-state index is -1.57. The molecule has 4 aliphatic rings. The number of amides is 3. The van der Waals surface area contributed by atoms with Crippen LogP contribution in [-0.4, -0.2) is 69.4 Å². The Kier molecular flexibility index (Phi) is 6.62. The van der Waals surface area contributed by atoms with Gasteiger partial charge in [-0.05, 0) is 69.6 Å². The summed E-state index contributed by atoms with van der Waals surface area (Å²) in [6.45, 7) is 9.76. The Morgan fingerprint density at radius 2 is 1.64 bits per heavy atom. The van der Waals surface area contributed by atoms with Crippen LogP contribution in [0.2, 0.25) is 0 Å². The van der Waals surface area contributed by atoms with Crippen molar-refractivity contribution in [2.45, 2.75) is 103 Å². The molecule has 10 heteroatoms. The number of piperidine rings is 1. The van der Waals surface area contributed by atoms with E-state index in [4.69, 9.17) is 4.74 Å². The van der Waals surface area contributed by atoms with Crippen molar-refractivity contribution in [3.05, 3.63) is 0 Å². The molecule has 1 saturated heterocycles. The minimum Gasteiger partial charge on any atom is -0.475 e. The molecule has 3 saturated carbocycles. The van der Waals surface area contributed by atoms with E-state index in [2.05, 4.69) is 24.5 Å². The molecule has 4 atom stereocenters. The number of alkyl carbamates (subject to hydrolysis) is 1. The van der Waals surface area contributed by atoms with Crippen molar-refractivity contribution in [1.82, 2.24) is 15.5 Å². The van der Waals surface area contributed by atoms with Crippen LogP contribution in [0.5, 0.6) is 0 Å². The molecule has 3 amide bonds. The Labute approximate surface area is 211 Å². The van der Waals surface area contributed by atoms with Crippen LogP contribution in [0.1, 0.15) is 79.6 Å². The fraction of sp³-hybridized carbons (Fsp3) is 0.808. The Morgan fingerprint density at radius 3 is 2.17 bits per heavy atom. The van der Waals surface area contributed by atoms with Gasteiger partial charge in [-0.3, -0.25) is 14.4 Å². The molecule has 0 aromatic heterocycles. The van der Waals surface area contributed by atoms with Gasteiger partial charge in [0.15, 0.2) is 0 Å². The number of carbonyl (C=O) groups excluding carboxylic acids is 4. The van der Waals surface area contributed by atoms with E-state index in [1.54, 1.807) is 25.7 Å². The summed E-state index contributed by atoms with van der Waals surface area (Å²) in [5, 5.41) is 14.7. The molecule has 4 unspecified atom stereocenters. The maximum Gasteiger partial charge on any atom is 0.408 e. The van der Waals surface area contributed by atoms with E-state index in [0.29, 0.717) is 6.54 Å². The number of rotatable bonds is 7. The third-order valence-electron chi connectivity index (χ3n) is 8.56. The van der Waals surface area contributed by atoms with Crippen molar-refractivity contribution in [3.63, 3.8) is 0 Å². The van der Waals surface area contributed by atoms with Crippen molar-refractivity contribution in [1.29, 1.82) is 0 Å². The van der Waals surface area contributed by atoms with Gasteiger partial charge in [0.05, 0.1) is 0 Å². The Balaban J connectivity index is 1.56. The predicted molar refractivity (Wildman–Crippen MR) is 129 cm³/mol. The predicted octanol–water partition coefficient (Wildman–Crippen LogP) is 2.25. The largest absolute Gasteiger partial charge is 0.475 e. The normalized spacial score (nSPS) is 28.9. The van der Waals surface area contributed by atoms with E-state index in [1.807, 2.05) is 0 Å². The summed E-state index contributed by atoms with van der Waals surface area (Å²) in [6, 6.07) is -1.63. The standard InChI is InChI=1S/C26H39N3O7/c1-24(2,3)36-23(35)27-17(14-9-7-6-8-10-14)21(32)29-13-15-16(25(15,4)5)18(29)20(31)28-26(11-12-26)19(30)22(33)34/h14-18H,6-13H2,1-5H3,(H,27,35)(H,28,31)(H,33,34). The lowest BCUT2D eigenvalue weighted by atomic mass is 9.83. The lowest BCUT2D eigenvalue weighted by molar-refractivity contribution is -0.151. The number of fused-ring (bicyclic) bond motifs is 1. The number of nitrogens with one attached hydrogen (secondary N) is 2. The molecular weight excluding hydrogens is 466 g/mol. The molecule has 1 heterocycles. The van der Waals surface area contributed by atoms with Crippen LogP contribution in [0.3, 0.4) is 0 Å². The van der Waals surface area contributed by atoms with E-state index in [1.165, 1.54) is 0 Å². The molecule has 36 heavy (non-hydrogen) atoms. The third kappa shape index (κ3) is 4.95. The van der Waals surface area contributed by atoms with Crippen LogP contribution < -0.4 is 10.6 Å². The maximum absolute atomic E-state index is 14.0. The summed E-state index contributed by atoms with van der Waals surface area (Å²) < 4.78 is 5.44. The van der Waals surface area contributed by atoms with Gasteiger partial charge >= 0.3 is 12.1 Å². The lowest BCUT2D eigenvalue weighted by Crippen LogP contribution is -2.60. The number of carboxylic acids is 1. The number of carboxylic acid groups (broad SMARTS) is 1. The number of Topliss-reactive ketones (excluding diaryl/α,β-unsaturated/α-hetero) is 1. The highest BCUT2D eigenvalue weighted by atomic mass is 16.6. The number of carbonyl (C=O) groups is 5. The van der Waals surface area contributed by atoms with Gasteiger partial charge in [0.1, 0.15) is 23.2 Å². The van der Waals surface area contributed by atoms with Gasteiger partial charge in [-0.15, -0.1) is 0 Å². The first kappa shape index (κ1) is 26.4. The smallest absolute Gasteiger partial charge is 0.408 e. The third-order valence-corrected chi connectivity index (χ3v) is 8.56. The van der Waals surface area contributed by atoms with Crippen molar-refractivity contribution < 1.29 is 33.8 Å². The fourth-order valence-electron chi connectivity index (χ4n) is 6.32. The number of hydrogen-bond acceptors (Lipinski definition) is 6. The summed E-state index contributed by atoms with van der Waals surface area (Å²) in [4.78, 5) is 65.2. The van der Waals surface area contributed by atoms with E-state index in [9.17, 15) is 29.1 Å². The topological polar surface area (TPSA) is 142 Å². The zero-order valence-electron chi connectivity index (χ0n) is 21.9. The first-order chi connectivity index (χ1) is 16.7. The number of aliphatic carboxylic acids is 1. The second-order valence-electron chi connectivity index (χ2n) is 12.6. The van der Waals surface area contributed by atoms with Gasteiger partial charge in [-0.2, -0.15) is 0 Å². The minimum absolute atomic E-state index is 0.0595. The van der Waals surface area contributed by atoms with E-state index < -0.39 is 47.0 Å². The van der Waals surface area contributed by atoms with E-state index in [0.717, 1.165) is 32.1 Å². The lowest BCUT2D eigenvalue weighted by Gasteiger charge is -2.37. The number of ether oxygens (including phenoxy) is 1. The molecule has 1 aliphatic heterocycles. The van der Waals surface area contributed by atoms with Gasteiger partial charge in [0.25, 0.3) is 5.78 Å². The van der Waals surface area contributed by atoms with Crippen LogP contribution in [-0.2, 0) is 23.9 Å². The number of nitrogens with zero attached hydrogens (tertiary/aromatic N) is 1. The zero-order valence-corrected chi connectivity index (χ0v) is 21.9. The number of ketones is 1. The van der Waals surface area contributed by atoms with Crippen molar-refractivity contribution in [2.24, 2.45) is 23.2 Å². The highest BCUT2D eigenvalue weighted by molar-refractivity contribution is 6.37. The first-order valence-electron chi connectivity index (χ1n) is 13.1. The fourth-order valence-corrected chi connectivity index (χ4v) is 6.32. The monoisotopic (exact) mass is 505 g/mol. The van der Waals surface area contributed by atoms with Crippen LogP contribution in [0.4, 0.5) is 4.79 Å². The van der Waals surface area contributed by atoms with Gasteiger partial charge < -0.3 is 25.4 Å². The zero-order chi connectivity index (χ0) is 26.6. The average molecular weight is 506 g/mol. The van der Waals surface area contributed by atoms with Gasteiger partial charge in [-0.1, -0.05) is 33.1 Å². The van der Waals surface area contributed by atoms with Crippen molar-refractivity contribution in [3.8, 4) is 0 Å². The van der Waals surface area contributed by atoms with Crippen LogP contribution in [0.15, 0.2) is 0 Å². The maximum atomic E-state index is 14.0. The average Bonchev–Trinajstić information content (AvgIpc) is 3.59. The van der Waals surface area contributed by atoms with Crippen molar-refractivity contribution >= 4 is 29.7 Å². The Morgan fingerprint density at radius 1 is 1.03 bits per heavy atom. The molecule has 4 fully saturated rings. The Hall–Kier alpha value is -2.65. The summed E-state index contributed by atoms with van der Waals surface area (Å²) in [7, 11) is 0. The molecule has 200 valence electrons. The molecule has 0 aromatic carbocycles. The molecule has 3 N–H and O–H groups in total. The summed E-state index contributed by atoms with van der Waals surface area (Å²) in [5.41, 5.74) is -2.25. The van der Waals surface area contributed by atoms with Gasteiger partial charge in [-0.25, -0.2) is 9.59 Å². The van der Waals surface area contributed by atoms with Gasteiger partial charge in [0.2, 0.25) is 11.8 Å². The molecule has 4 rings (SSSR count). The summed E-state index contributed by atoms with van der Waals surface area (Å²) >= 11 is 0. The Bertz CT molecular complexity index is 959. The van der Waals surface area contributed by atoms with Crippen LogP contribution in [0.25, 0.3) is 0 Å². The van der Waals surface area contributed by atoms with Crippen LogP contribution >= 0.6 is 0 Å². The van der Waals surface area contributed by atoms with E-state index >= 15 is 0 Å².